The Labute approximate surface area is 33.4 Å². The summed E-state index contributed by atoms with van der Waals surface area (Å²) in [7, 11) is -0.179. The van der Waals surface area contributed by atoms with Crippen LogP contribution in [0.15, 0.2) is 0 Å². The molecule has 0 N–H and O–H groups in total. The number of hydrogen-bond donors (Lipinski definition) is 0. The molecule has 1 aliphatic rings. The Balaban J connectivity index is 2.94. The Morgan fingerprint density at radius 2 is 1.60 bits per heavy atom. The van der Waals surface area contributed by atoms with E-state index in [9.17, 15) is 0 Å². The molecule has 0 saturated heterocycles. The molecule has 0 aromatic heterocycles. The zero-order valence-electron chi connectivity index (χ0n) is 2.71. The van der Waals surface area contributed by atoms with Crippen molar-refractivity contribution in [3.63, 3.8) is 0 Å². The predicted octanol–water partition coefficient (Wildman–Crippen LogP) is -0.909. The summed E-state index contributed by atoms with van der Waals surface area (Å²) < 4.78 is 0. The van der Waals surface area contributed by atoms with Gasteiger partial charge >= 0.3 is 0 Å². The summed E-state index contributed by atoms with van der Waals surface area (Å²) in [6.07, 6.45) is 0. The van der Waals surface area contributed by atoms with Crippen LogP contribution in [-0.4, -0.2) is 9.52 Å². The minimum atomic E-state index is -0.179. The molecular weight excluding hydrogens is 76.1 g/mol. The minimum absolute atomic E-state index is 0.179. The molecule has 0 aromatic rings. The maximum Gasteiger partial charge on any atom is 0.190 e. The minimum Gasteiger partial charge on any atom is -0.110 e. The molecule has 0 spiro atoms. The van der Waals surface area contributed by atoms with Crippen molar-refractivity contribution in [1.82, 2.24) is 0 Å². The van der Waals surface area contributed by atoms with Crippen molar-refractivity contribution >= 4 is 9.52 Å². The molecule has 0 nitrogen and oxygen atoms in total. The molecule has 22 valence electrons. The predicted molar refractivity (Wildman–Crippen MR) is 24.1 cm³/mol. The summed E-state index contributed by atoms with van der Waals surface area (Å²) in [5.41, 5.74) is 5.78. The first-order chi connectivity index (χ1) is 2.50. The number of hydrogen-bond acceptors (Lipinski definition) is 0. The van der Waals surface area contributed by atoms with E-state index in [2.05, 4.69) is 22.9 Å². The number of rotatable bonds is 0. The molecular formula is C4H2Si. The largest absolute Gasteiger partial charge is 0.190 e. The van der Waals surface area contributed by atoms with Crippen LogP contribution in [0, 0.1) is 22.9 Å². The molecule has 0 fully saturated rings. The summed E-state index contributed by atoms with van der Waals surface area (Å²) in [5, 5.41) is 0. The normalized spacial score (nSPS) is 11.2. The highest BCUT2D eigenvalue weighted by Gasteiger charge is 1.69. The average Bonchev–Trinajstić information content (AvgIpc) is 1.76. The van der Waals surface area contributed by atoms with Gasteiger partial charge in [0.15, 0.2) is 9.52 Å². The van der Waals surface area contributed by atoms with Gasteiger partial charge in [-0.2, -0.15) is 0 Å². The lowest BCUT2D eigenvalue weighted by Crippen LogP contribution is -1.67. The highest BCUT2D eigenvalue weighted by molar-refractivity contribution is 6.56. The van der Waals surface area contributed by atoms with Gasteiger partial charge < -0.3 is 0 Å². The lowest BCUT2D eigenvalue weighted by molar-refractivity contribution is 2.62. The third-order valence-electron chi connectivity index (χ3n) is 0.416. The highest BCUT2D eigenvalue weighted by atomic mass is 28.2. The van der Waals surface area contributed by atoms with Crippen LogP contribution < -0.4 is 0 Å². The van der Waals surface area contributed by atoms with Gasteiger partial charge in [0.2, 0.25) is 0 Å². The summed E-state index contributed by atoms with van der Waals surface area (Å²) in [6, 6.07) is 0. The third kappa shape index (κ3) is 0.317. The van der Waals surface area contributed by atoms with E-state index < -0.39 is 0 Å². The zero-order chi connectivity index (χ0) is 3.54. The fourth-order valence-electron chi connectivity index (χ4n) is 0.221. The lowest BCUT2D eigenvalue weighted by Gasteiger charge is -1.46. The van der Waals surface area contributed by atoms with Gasteiger partial charge in [0.1, 0.15) is 0 Å². The third-order valence-corrected chi connectivity index (χ3v) is 1.12. The maximum absolute atomic E-state index is 2.89. The molecule has 0 saturated carbocycles. The highest BCUT2D eigenvalue weighted by Crippen LogP contribution is 1.59. The Morgan fingerprint density at radius 1 is 1.00 bits per heavy atom. The van der Waals surface area contributed by atoms with Gasteiger partial charge in [0, 0.05) is 0 Å². The molecule has 0 radical (unpaired) electrons. The van der Waals surface area contributed by atoms with Crippen LogP contribution in [0.3, 0.4) is 0 Å². The summed E-state index contributed by atoms with van der Waals surface area (Å²) >= 11 is 0. The van der Waals surface area contributed by atoms with Gasteiger partial charge in [-0.1, -0.05) is 0 Å². The van der Waals surface area contributed by atoms with Gasteiger partial charge in [0.05, 0.1) is 0 Å². The fourth-order valence-corrected chi connectivity index (χ4v) is 0.663. The van der Waals surface area contributed by atoms with Gasteiger partial charge in [-0.15, -0.1) is 11.1 Å². The SMILES string of the molecule is C1#C[SiH2]C#C1. The van der Waals surface area contributed by atoms with E-state index in [1.165, 1.54) is 0 Å². The molecule has 5 heavy (non-hydrogen) atoms. The van der Waals surface area contributed by atoms with E-state index in [-0.39, 0.29) is 9.52 Å². The van der Waals surface area contributed by atoms with Crippen molar-refractivity contribution < 1.29 is 0 Å². The van der Waals surface area contributed by atoms with Crippen LogP contribution in [0.1, 0.15) is 0 Å². The van der Waals surface area contributed by atoms with E-state index in [1.54, 1.807) is 0 Å². The first-order valence-corrected chi connectivity index (χ1v) is 2.87. The molecule has 0 bridgehead atoms. The Hall–Kier alpha value is -0.663. The van der Waals surface area contributed by atoms with E-state index in [0.29, 0.717) is 0 Å². The second-order valence-corrected chi connectivity index (χ2v) is 1.84. The van der Waals surface area contributed by atoms with Crippen molar-refractivity contribution in [2.24, 2.45) is 0 Å². The molecule has 1 rings (SSSR count). The van der Waals surface area contributed by atoms with Crippen LogP contribution in [0.25, 0.3) is 0 Å². The monoisotopic (exact) mass is 78.0 g/mol. The molecule has 1 aliphatic heterocycles. The van der Waals surface area contributed by atoms with Crippen LogP contribution in [0.5, 0.6) is 0 Å². The quantitative estimate of drug-likeness (QED) is 0.260. The lowest BCUT2D eigenvalue weighted by atomic mass is 10.7. The van der Waals surface area contributed by atoms with Crippen molar-refractivity contribution in [2.75, 3.05) is 0 Å². The molecule has 1 heteroatoms. The molecule has 0 unspecified atom stereocenters. The molecule has 0 aromatic carbocycles. The van der Waals surface area contributed by atoms with E-state index in [4.69, 9.17) is 0 Å². The molecule has 1 heterocycles. The molecule has 0 atom stereocenters. The summed E-state index contributed by atoms with van der Waals surface area (Å²) in [6.45, 7) is 0. The average molecular weight is 78.1 g/mol. The van der Waals surface area contributed by atoms with Crippen molar-refractivity contribution in [1.29, 1.82) is 0 Å². The van der Waals surface area contributed by atoms with Crippen LogP contribution in [-0.2, 0) is 0 Å². The summed E-state index contributed by atoms with van der Waals surface area (Å²) in [4.78, 5) is 0. The molecule has 0 amide bonds. The standard InChI is InChI=1S/C4H2Si/c1-2-4-5-3-1/h5H2. The van der Waals surface area contributed by atoms with Gasteiger partial charge in [-0.05, 0) is 11.8 Å². The Bertz CT molecular complexity index is 119. The maximum atomic E-state index is 2.89. The Morgan fingerprint density at radius 3 is 1.80 bits per heavy atom. The summed E-state index contributed by atoms with van der Waals surface area (Å²) in [5.74, 6) is 5.35. The van der Waals surface area contributed by atoms with E-state index in [1.807, 2.05) is 0 Å². The van der Waals surface area contributed by atoms with Crippen LogP contribution in [0.4, 0.5) is 0 Å². The Kier molecular flexibility index (Phi) is 0.498. The van der Waals surface area contributed by atoms with Crippen molar-refractivity contribution in [2.45, 2.75) is 0 Å². The van der Waals surface area contributed by atoms with Gasteiger partial charge in [-0.25, -0.2) is 0 Å². The second kappa shape index (κ2) is 0.969. The second-order valence-electron chi connectivity index (χ2n) is 0.780. The van der Waals surface area contributed by atoms with Gasteiger partial charge in [-0.3, -0.25) is 0 Å². The van der Waals surface area contributed by atoms with E-state index >= 15 is 0 Å². The first-order valence-electron chi connectivity index (χ1n) is 1.46. The smallest absolute Gasteiger partial charge is 0.110 e. The van der Waals surface area contributed by atoms with Crippen LogP contribution in [0.2, 0.25) is 0 Å². The van der Waals surface area contributed by atoms with Crippen molar-refractivity contribution in [3.05, 3.63) is 0 Å². The first kappa shape index (κ1) is 2.57. The van der Waals surface area contributed by atoms with Crippen molar-refractivity contribution in [3.8, 4) is 22.9 Å². The topological polar surface area (TPSA) is 0 Å². The van der Waals surface area contributed by atoms with Gasteiger partial charge in [0.25, 0.3) is 0 Å². The van der Waals surface area contributed by atoms with Crippen LogP contribution >= 0.6 is 0 Å². The zero-order valence-corrected chi connectivity index (χ0v) is 4.12. The fraction of sp³-hybridized carbons (Fsp3) is 0. The van der Waals surface area contributed by atoms with E-state index in [0.717, 1.165) is 0 Å². The molecule has 0 aliphatic carbocycles.